The van der Waals surface area contributed by atoms with E-state index in [0.29, 0.717) is 6.42 Å². The number of carboxylic acid groups (broad SMARTS) is 1. The van der Waals surface area contributed by atoms with E-state index in [9.17, 15) is 29.4 Å². The molecule has 0 saturated carbocycles. The molecule has 0 aromatic rings. The second kappa shape index (κ2) is 14.7. The SMILES string of the molecule is CCCCCCCC(=O)N[C@@H](CO)C(=O)N[C@H](C(=O)N[C@H](CO)C(=O)O)[C@@H](C)O. The van der Waals surface area contributed by atoms with Crippen LogP contribution in [0.1, 0.15) is 52.4 Å². The molecule has 0 aliphatic heterocycles. The van der Waals surface area contributed by atoms with Crippen LogP contribution >= 0.6 is 0 Å². The van der Waals surface area contributed by atoms with Crippen LogP contribution < -0.4 is 16.0 Å². The molecule has 3 amide bonds. The zero-order chi connectivity index (χ0) is 22.4. The molecule has 0 aromatic carbocycles. The molecule has 0 unspecified atom stereocenters. The summed E-state index contributed by atoms with van der Waals surface area (Å²) in [6.45, 7) is 1.66. The Morgan fingerprint density at radius 2 is 1.41 bits per heavy atom. The van der Waals surface area contributed by atoms with Gasteiger partial charge in [0.15, 0.2) is 0 Å². The molecule has 0 bridgehead atoms. The molecule has 0 aromatic heterocycles. The van der Waals surface area contributed by atoms with Gasteiger partial charge in [-0.1, -0.05) is 32.6 Å². The number of aliphatic hydroxyl groups excluding tert-OH is 3. The van der Waals surface area contributed by atoms with Gasteiger partial charge in [-0.05, 0) is 13.3 Å². The van der Waals surface area contributed by atoms with Crippen molar-refractivity contribution in [2.24, 2.45) is 0 Å². The van der Waals surface area contributed by atoms with E-state index in [4.69, 9.17) is 10.2 Å². The number of rotatable bonds is 15. The first-order valence-electron chi connectivity index (χ1n) is 9.70. The fourth-order valence-corrected chi connectivity index (χ4v) is 2.46. The highest BCUT2D eigenvalue weighted by atomic mass is 16.4. The molecule has 0 rings (SSSR count). The van der Waals surface area contributed by atoms with Gasteiger partial charge in [-0.25, -0.2) is 4.79 Å². The van der Waals surface area contributed by atoms with E-state index in [1.165, 1.54) is 6.92 Å². The van der Waals surface area contributed by atoms with Crippen LogP contribution in [0.5, 0.6) is 0 Å². The number of nitrogens with one attached hydrogen (secondary N) is 3. The van der Waals surface area contributed by atoms with Gasteiger partial charge in [-0.3, -0.25) is 14.4 Å². The highest BCUT2D eigenvalue weighted by molar-refractivity contribution is 5.93. The zero-order valence-electron chi connectivity index (χ0n) is 16.9. The normalized spacial score (nSPS) is 14.9. The van der Waals surface area contributed by atoms with E-state index in [1.54, 1.807) is 0 Å². The van der Waals surface area contributed by atoms with E-state index in [-0.39, 0.29) is 6.42 Å². The fraction of sp³-hybridized carbons (Fsp3) is 0.778. The van der Waals surface area contributed by atoms with Gasteiger partial charge in [-0.2, -0.15) is 0 Å². The van der Waals surface area contributed by atoms with Crippen molar-refractivity contribution >= 4 is 23.7 Å². The Hall–Kier alpha value is -2.24. The number of hydrogen-bond donors (Lipinski definition) is 7. The Morgan fingerprint density at radius 3 is 1.90 bits per heavy atom. The summed E-state index contributed by atoms with van der Waals surface area (Å²) in [5.74, 6) is -3.87. The third-order valence-corrected chi connectivity index (χ3v) is 4.20. The van der Waals surface area contributed by atoms with Crippen LogP contribution in [0.25, 0.3) is 0 Å². The van der Waals surface area contributed by atoms with E-state index < -0.39 is 61.1 Å². The third kappa shape index (κ3) is 10.8. The molecule has 7 N–H and O–H groups in total. The van der Waals surface area contributed by atoms with Gasteiger partial charge < -0.3 is 36.4 Å². The lowest BCUT2D eigenvalue weighted by Gasteiger charge is -2.25. The number of carbonyl (C=O) groups is 4. The zero-order valence-corrected chi connectivity index (χ0v) is 16.9. The van der Waals surface area contributed by atoms with Crippen LogP contribution in [-0.2, 0) is 19.2 Å². The minimum absolute atomic E-state index is 0.185. The molecule has 0 fully saturated rings. The van der Waals surface area contributed by atoms with Crippen molar-refractivity contribution in [3.05, 3.63) is 0 Å². The second-order valence-corrected chi connectivity index (χ2v) is 6.78. The van der Waals surface area contributed by atoms with Gasteiger partial charge in [0.2, 0.25) is 17.7 Å². The van der Waals surface area contributed by atoms with Crippen molar-refractivity contribution in [1.82, 2.24) is 16.0 Å². The van der Waals surface area contributed by atoms with Crippen molar-refractivity contribution in [2.75, 3.05) is 13.2 Å². The standard InChI is InChI=1S/C18H33N3O8/c1-3-4-5-6-7-8-14(25)19-12(9-22)16(26)21-15(11(2)24)17(27)20-13(10-23)18(28)29/h11-13,15,22-24H,3-10H2,1-2H3,(H,19,25)(H,20,27)(H,21,26)(H,28,29)/t11-,12+,13-,15+/m1/s1. The second-order valence-electron chi connectivity index (χ2n) is 6.78. The van der Waals surface area contributed by atoms with Crippen molar-refractivity contribution in [1.29, 1.82) is 0 Å². The van der Waals surface area contributed by atoms with Gasteiger partial charge in [0.05, 0.1) is 19.3 Å². The summed E-state index contributed by atoms with van der Waals surface area (Å²) in [4.78, 5) is 47.3. The summed E-state index contributed by atoms with van der Waals surface area (Å²) >= 11 is 0. The number of carbonyl (C=O) groups excluding carboxylic acids is 3. The Kier molecular flexibility index (Phi) is 13.6. The molecule has 4 atom stereocenters. The molecular weight excluding hydrogens is 386 g/mol. The molecule has 0 spiro atoms. The van der Waals surface area contributed by atoms with Crippen LogP contribution in [0.3, 0.4) is 0 Å². The number of aliphatic hydroxyl groups is 3. The number of carboxylic acids is 1. The maximum absolute atomic E-state index is 12.3. The minimum atomic E-state index is -1.61. The predicted molar refractivity (Wildman–Crippen MR) is 103 cm³/mol. The number of unbranched alkanes of at least 4 members (excludes halogenated alkanes) is 4. The molecule has 29 heavy (non-hydrogen) atoms. The first-order chi connectivity index (χ1) is 13.7. The van der Waals surface area contributed by atoms with Crippen LogP contribution in [0.4, 0.5) is 0 Å². The predicted octanol–water partition coefficient (Wildman–Crippen LogP) is -1.75. The smallest absolute Gasteiger partial charge is 0.328 e. The summed E-state index contributed by atoms with van der Waals surface area (Å²) in [5.41, 5.74) is 0. The van der Waals surface area contributed by atoms with Crippen molar-refractivity contribution < 1.29 is 39.6 Å². The Bertz CT molecular complexity index is 541. The number of aliphatic carboxylic acids is 1. The summed E-state index contributed by atoms with van der Waals surface area (Å²) in [5, 5.41) is 43.5. The summed E-state index contributed by atoms with van der Waals surface area (Å²) in [7, 11) is 0. The lowest BCUT2D eigenvalue weighted by molar-refractivity contribution is -0.144. The first kappa shape index (κ1) is 26.8. The molecule has 0 radical (unpaired) electrons. The lowest BCUT2D eigenvalue weighted by atomic mass is 10.1. The highest BCUT2D eigenvalue weighted by Crippen LogP contribution is 2.05. The molecule has 0 aliphatic carbocycles. The topological polar surface area (TPSA) is 185 Å². The van der Waals surface area contributed by atoms with Crippen molar-refractivity contribution in [3.8, 4) is 0 Å². The van der Waals surface area contributed by atoms with Crippen LogP contribution in [0.15, 0.2) is 0 Å². The third-order valence-electron chi connectivity index (χ3n) is 4.20. The van der Waals surface area contributed by atoms with Crippen molar-refractivity contribution in [3.63, 3.8) is 0 Å². The highest BCUT2D eigenvalue weighted by Gasteiger charge is 2.31. The Labute approximate surface area is 169 Å². The Morgan fingerprint density at radius 1 is 0.828 bits per heavy atom. The van der Waals surface area contributed by atoms with Gasteiger partial charge >= 0.3 is 5.97 Å². The molecule has 11 nitrogen and oxygen atoms in total. The average Bonchev–Trinajstić information content (AvgIpc) is 2.67. The molecule has 0 aliphatic rings. The maximum Gasteiger partial charge on any atom is 0.328 e. The van der Waals surface area contributed by atoms with E-state index in [1.807, 2.05) is 5.32 Å². The molecular formula is C18H33N3O8. The first-order valence-corrected chi connectivity index (χ1v) is 9.70. The van der Waals surface area contributed by atoms with Gasteiger partial charge in [0, 0.05) is 6.42 Å². The summed E-state index contributed by atoms with van der Waals surface area (Å²) in [6.07, 6.45) is 3.45. The van der Waals surface area contributed by atoms with Crippen molar-refractivity contribution in [2.45, 2.75) is 76.6 Å². The summed E-state index contributed by atoms with van der Waals surface area (Å²) in [6, 6.07) is -4.49. The minimum Gasteiger partial charge on any atom is -0.480 e. The quantitative estimate of drug-likeness (QED) is 0.152. The fourth-order valence-electron chi connectivity index (χ4n) is 2.46. The molecule has 168 valence electrons. The molecule has 0 saturated heterocycles. The lowest BCUT2D eigenvalue weighted by Crippen LogP contribution is -2.60. The van der Waals surface area contributed by atoms with E-state index in [0.717, 1.165) is 25.7 Å². The molecule has 11 heteroatoms. The van der Waals surface area contributed by atoms with E-state index >= 15 is 0 Å². The molecule has 0 heterocycles. The van der Waals surface area contributed by atoms with Crippen LogP contribution in [0.2, 0.25) is 0 Å². The largest absolute Gasteiger partial charge is 0.480 e. The average molecular weight is 419 g/mol. The number of amides is 3. The Balaban J connectivity index is 4.77. The van der Waals surface area contributed by atoms with Gasteiger partial charge in [0.1, 0.15) is 18.1 Å². The van der Waals surface area contributed by atoms with Crippen LogP contribution in [0, 0.1) is 0 Å². The van der Waals surface area contributed by atoms with E-state index in [2.05, 4.69) is 17.6 Å². The van der Waals surface area contributed by atoms with Gasteiger partial charge in [-0.15, -0.1) is 0 Å². The van der Waals surface area contributed by atoms with Gasteiger partial charge in [0.25, 0.3) is 0 Å². The number of hydrogen-bond acceptors (Lipinski definition) is 7. The monoisotopic (exact) mass is 419 g/mol. The van der Waals surface area contributed by atoms with Crippen LogP contribution in [-0.4, -0.2) is 81.6 Å². The maximum atomic E-state index is 12.3. The summed E-state index contributed by atoms with van der Waals surface area (Å²) < 4.78 is 0.